The lowest BCUT2D eigenvalue weighted by atomic mass is 9.46. The predicted octanol–water partition coefficient (Wildman–Crippen LogP) is 0.432. The lowest BCUT2D eigenvalue weighted by molar-refractivity contribution is -0.363. The molecule has 4 aliphatic carbocycles. The van der Waals surface area contributed by atoms with Crippen molar-refractivity contribution in [2.75, 3.05) is 13.2 Å². The number of rotatable bonds is 5. The van der Waals surface area contributed by atoms with Gasteiger partial charge in [0, 0.05) is 24.7 Å². The van der Waals surface area contributed by atoms with Crippen molar-refractivity contribution in [2.24, 2.45) is 40.4 Å². The second-order valence-corrected chi connectivity index (χ2v) is 18.3. The van der Waals surface area contributed by atoms with Crippen molar-refractivity contribution in [3.63, 3.8) is 0 Å². The molecule has 310 valence electrons. The molecular formula is C40H60O15. The van der Waals surface area contributed by atoms with Gasteiger partial charge in [0.05, 0.1) is 37.6 Å². The van der Waals surface area contributed by atoms with Crippen LogP contribution in [0.15, 0.2) is 23.8 Å². The maximum Gasteiger partial charge on any atom is 0.303 e. The number of ether oxygens (including phenoxy) is 7. The molecule has 8 rings (SSSR count). The van der Waals surface area contributed by atoms with Crippen LogP contribution in [-0.2, 0) is 38.0 Å². The highest BCUT2D eigenvalue weighted by molar-refractivity contribution is 5.66. The van der Waals surface area contributed by atoms with Crippen molar-refractivity contribution in [1.29, 1.82) is 0 Å². The van der Waals surface area contributed by atoms with Gasteiger partial charge in [-0.25, -0.2) is 0 Å². The van der Waals surface area contributed by atoms with Crippen LogP contribution < -0.4 is 0 Å². The van der Waals surface area contributed by atoms with Crippen molar-refractivity contribution >= 4 is 5.97 Å². The van der Waals surface area contributed by atoms with Crippen molar-refractivity contribution in [2.45, 2.75) is 165 Å². The molecule has 0 aromatic rings. The molecule has 3 saturated carbocycles. The number of allylic oxidation sites excluding steroid dienone is 1. The molecule has 4 heterocycles. The van der Waals surface area contributed by atoms with Crippen LogP contribution in [0.4, 0.5) is 0 Å². The van der Waals surface area contributed by atoms with Gasteiger partial charge in [-0.15, -0.1) is 0 Å². The quantitative estimate of drug-likeness (QED) is 0.149. The van der Waals surface area contributed by atoms with E-state index in [0.717, 1.165) is 31.3 Å². The highest BCUT2D eigenvalue weighted by atomic mass is 16.8. The van der Waals surface area contributed by atoms with Gasteiger partial charge in [0.15, 0.2) is 18.7 Å². The Morgan fingerprint density at radius 1 is 0.945 bits per heavy atom. The van der Waals surface area contributed by atoms with Gasteiger partial charge in [-0.1, -0.05) is 39.0 Å². The summed E-state index contributed by atoms with van der Waals surface area (Å²) in [6.07, 6.45) is -9.47. The first kappa shape index (κ1) is 40.2. The Bertz CT molecular complexity index is 1520. The fourth-order valence-corrected chi connectivity index (χ4v) is 12.6. The summed E-state index contributed by atoms with van der Waals surface area (Å²) >= 11 is 0. The van der Waals surface area contributed by atoms with Crippen LogP contribution in [0, 0.1) is 40.4 Å². The fourth-order valence-electron chi connectivity index (χ4n) is 12.6. The Labute approximate surface area is 321 Å². The molecule has 15 heteroatoms. The van der Waals surface area contributed by atoms with E-state index >= 15 is 0 Å². The smallest absolute Gasteiger partial charge is 0.303 e. The first-order chi connectivity index (χ1) is 25.9. The maximum absolute atomic E-state index is 11.6. The number of aliphatic hydroxyl groups is 7. The lowest BCUT2D eigenvalue weighted by Gasteiger charge is -2.60. The standard InChI is InChI=1S/C40H60O15/c1-16-14-50-40(35(48)29(16)44)17(2)28-26(55-40)13-24-22-8-7-20-11-21(42)12-27(39(20,6)23(22)9-10-38(24,28)5)53-37-34(30(45)25(43)15-49-37)54-36-32(47)31(46)33(18(3)51-36)52-19(4)41/h7,17-18,21-37,42-48H,1,8-15H2,2-6H3/t17-,18-,21+,22+,23-,24-,25-,26-,27+,28-,29-,30-,31-,32+,33-,34+,35+,36-,37-,38-,39-,40-/m0/s1. The summed E-state index contributed by atoms with van der Waals surface area (Å²) in [5, 5.41) is 76.9. The monoisotopic (exact) mass is 780 g/mol. The molecule has 15 nitrogen and oxygen atoms in total. The Kier molecular flexibility index (Phi) is 10.5. The Morgan fingerprint density at radius 2 is 1.69 bits per heavy atom. The van der Waals surface area contributed by atoms with Crippen LogP contribution in [0.1, 0.15) is 73.1 Å². The molecule has 0 amide bonds. The van der Waals surface area contributed by atoms with Crippen LogP contribution in [0.2, 0.25) is 0 Å². The van der Waals surface area contributed by atoms with Gasteiger partial charge < -0.3 is 68.9 Å². The van der Waals surface area contributed by atoms with E-state index in [1.807, 2.05) is 0 Å². The number of aliphatic hydroxyl groups excluding tert-OH is 7. The number of carbonyl (C=O) groups is 1. The molecule has 4 aliphatic heterocycles. The SMILES string of the molecule is C=C1CO[C@@]2(O[C@H]3C[C@H]4[C@@H]5CC=C6C[C@@H](O)C[C@@H](O[C@@H]7OC[C@H](O)[C@H](O)[C@H]7O[C@@H]7O[C@@H](C)[C@H](OC(C)=O)[C@@H](O)[C@H]7O)[C@]6(C)[C@H]5CC[C@]4(C)[C@H]3[C@@H]2C)[C@H](O)[C@H]1O. The molecule has 7 N–H and O–H groups in total. The van der Waals surface area contributed by atoms with Gasteiger partial charge in [0.25, 0.3) is 0 Å². The minimum absolute atomic E-state index is 0.106. The summed E-state index contributed by atoms with van der Waals surface area (Å²) < 4.78 is 42.8. The third kappa shape index (κ3) is 6.13. The summed E-state index contributed by atoms with van der Waals surface area (Å²) in [7, 11) is 0. The van der Waals surface area contributed by atoms with E-state index in [9.17, 15) is 40.5 Å². The van der Waals surface area contributed by atoms with Gasteiger partial charge in [-0.05, 0) is 73.7 Å². The number of hydrogen-bond acceptors (Lipinski definition) is 15. The summed E-state index contributed by atoms with van der Waals surface area (Å²) in [4.78, 5) is 11.6. The normalized spacial score (nSPS) is 56.3. The zero-order chi connectivity index (χ0) is 39.5. The Morgan fingerprint density at radius 3 is 2.42 bits per heavy atom. The molecule has 0 radical (unpaired) electrons. The number of hydrogen-bond donors (Lipinski definition) is 7. The van der Waals surface area contributed by atoms with E-state index in [1.54, 1.807) is 6.92 Å². The fraction of sp³-hybridized carbons (Fsp3) is 0.875. The second-order valence-electron chi connectivity index (χ2n) is 18.3. The van der Waals surface area contributed by atoms with E-state index in [4.69, 9.17) is 33.2 Å². The number of esters is 1. The average molecular weight is 781 g/mol. The topological polar surface area (TPSA) is 223 Å². The molecule has 1 spiro atoms. The number of carbonyl (C=O) groups excluding carboxylic acids is 1. The predicted molar refractivity (Wildman–Crippen MR) is 189 cm³/mol. The average Bonchev–Trinajstić information content (AvgIpc) is 3.59. The molecular weight excluding hydrogens is 720 g/mol. The van der Waals surface area contributed by atoms with Crippen LogP contribution in [-0.4, -0.2) is 147 Å². The highest BCUT2D eigenvalue weighted by Crippen LogP contribution is 2.71. The minimum atomic E-state index is -1.67. The highest BCUT2D eigenvalue weighted by Gasteiger charge is 2.71. The van der Waals surface area contributed by atoms with Gasteiger partial charge in [-0.2, -0.15) is 0 Å². The van der Waals surface area contributed by atoms with Crippen molar-refractivity contribution in [1.82, 2.24) is 0 Å². The molecule has 0 aromatic carbocycles. The van der Waals surface area contributed by atoms with E-state index in [0.29, 0.717) is 18.4 Å². The van der Waals surface area contributed by atoms with Gasteiger partial charge >= 0.3 is 5.97 Å². The van der Waals surface area contributed by atoms with Crippen molar-refractivity contribution in [3.8, 4) is 0 Å². The first-order valence-corrected chi connectivity index (χ1v) is 20.1. The molecule has 22 atom stereocenters. The van der Waals surface area contributed by atoms with Gasteiger partial charge in [0.2, 0.25) is 5.79 Å². The maximum atomic E-state index is 11.6. The summed E-state index contributed by atoms with van der Waals surface area (Å²) in [6.45, 7) is 13.1. The molecule has 55 heavy (non-hydrogen) atoms. The molecule has 4 saturated heterocycles. The zero-order valence-corrected chi connectivity index (χ0v) is 32.3. The molecule has 0 bridgehead atoms. The lowest BCUT2D eigenvalue weighted by Crippen LogP contribution is -2.64. The third-order valence-electron chi connectivity index (χ3n) is 15.5. The first-order valence-electron chi connectivity index (χ1n) is 20.1. The summed E-state index contributed by atoms with van der Waals surface area (Å²) in [5.74, 6) is -1.29. The van der Waals surface area contributed by atoms with Gasteiger partial charge in [-0.3, -0.25) is 4.79 Å². The summed E-state index contributed by atoms with van der Waals surface area (Å²) in [5.41, 5.74) is 0.906. The minimum Gasteiger partial charge on any atom is -0.457 e. The summed E-state index contributed by atoms with van der Waals surface area (Å²) in [6, 6.07) is 0. The van der Waals surface area contributed by atoms with Crippen molar-refractivity contribution in [3.05, 3.63) is 23.8 Å². The van der Waals surface area contributed by atoms with Crippen LogP contribution in [0.3, 0.4) is 0 Å². The molecule has 0 aromatic heterocycles. The van der Waals surface area contributed by atoms with Gasteiger partial charge in [0.1, 0.15) is 42.7 Å². The molecule has 8 aliphatic rings. The Hall–Kier alpha value is -1.57. The zero-order valence-electron chi connectivity index (χ0n) is 32.3. The van der Waals surface area contributed by atoms with Crippen LogP contribution in [0.5, 0.6) is 0 Å². The van der Waals surface area contributed by atoms with E-state index < -0.39 is 96.9 Å². The molecule has 0 unspecified atom stereocenters. The van der Waals surface area contributed by atoms with E-state index in [2.05, 4.69) is 33.4 Å². The van der Waals surface area contributed by atoms with E-state index in [-0.39, 0.29) is 54.3 Å². The Balaban J connectivity index is 1.03. The molecule has 7 fully saturated rings. The number of fused-ring (bicyclic) bond motifs is 7. The van der Waals surface area contributed by atoms with E-state index in [1.165, 1.54) is 6.92 Å². The van der Waals surface area contributed by atoms with Crippen LogP contribution in [0.25, 0.3) is 0 Å². The van der Waals surface area contributed by atoms with Crippen molar-refractivity contribution < 1.29 is 73.7 Å². The third-order valence-corrected chi connectivity index (χ3v) is 15.5. The van der Waals surface area contributed by atoms with Crippen LogP contribution >= 0.6 is 0 Å². The largest absolute Gasteiger partial charge is 0.457 e. The second kappa shape index (κ2) is 14.3.